The van der Waals surface area contributed by atoms with Crippen molar-refractivity contribution >= 4 is 29.1 Å². The Morgan fingerprint density at radius 1 is 1.22 bits per heavy atom. The SMILES string of the molecule is CCSCCN1C(=O)C(=O)c2cc(CC)ccc21. The van der Waals surface area contributed by atoms with Crippen LogP contribution in [0.5, 0.6) is 0 Å². The summed E-state index contributed by atoms with van der Waals surface area (Å²) in [5.74, 6) is 1.15. The molecular formula is C14H17NO2S. The van der Waals surface area contributed by atoms with Crippen molar-refractivity contribution in [1.82, 2.24) is 0 Å². The number of anilines is 1. The Labute approximate surface area is 112 Å². The normalized spacial score (nSPS) is 14.2. The Morgan fingerprint density at radius 3 is 2.67 bits per heavy atom. The molecular weight excluding hydrogens is 246 g/mol. The van der Waals surface area contributed by atoms with E-state index in [4.69, 9.17) is 0 Å². The second kappa shape index (κ2) is 5.57. The lowest BCUT2D eigenvalue weighted by Crippen LogP contribution is -2.31. The number of carbonyl (C=O) groups excluding carboxylic acids is 2. The van der Waals surface area contributed by atoms with E-state index in [2.05, 4.69) is 6.92 Å². The van der Waals surface area contributed by atoms with Gasteiger partial charge in [0.25, 0.3) is 11.7 Å². The molecule has 96 valence electrons. The van der Waals surface area contributed by atoms with Gasteiger partial charge in [0.1, 0.15) is 0 Å². The molecule has 0 atom stereocenters. The number of benzene rings is 1. The molecule has 0 radical (unpaired) electrons. The zero-order valence-corrected chi connectivity index (χ0v) is 11.5. The van der Waals surface area contributed by atoms with Crippen LogP contribution in [0.3, 0.4) is 0 Å². The molecule has 2 rings (SSSR count). The van der Waals surface area contributed by atoms with E-state index in [-0.39, 0.29) is 11.7 Å². The lowest BCUT2D eigenvalue weighted by molar-refractivity contribution is -0.114. The third-order valence-corrected chi connectivity index (χ3v) is 3.99. The van der Waals surface area contributed by atoms with Crippen LogP contribution >= 0.6 is 11.8 Å². The monoisotopic (exact) mass is 263 g/mol. The molecule has 3 nitrogen and oxygen atoms in total. The number of aryl methyl sites for hydroxylation is 1. The Morgan fingerprint density at radius 2 is 2.00 bits per heavy atom. The van der Waals surface area contributed by atoms with Crippen LogP contribution in [0.4, 0.5) is 5.69 Å². The number of nitrogens with zero attached hydrogens (tertiary/aromatic N) is 1. The molecule has 1 heterocycles. The summed E-state index contributed by atoms with van der Waals surface area (Å²) >= 11 is 1.78. The van der Waals surface area contributed by atoms with Crippen molar-refractivity contribution in [3.05, 3.63) is 29.3 Å². The fourth-order valence-corrected chi connectivity index (χ4v) is 2.69. The molecule has 18 heavy (non-hydrogen) atoms. The molecule has 1 aromatic carbocycles. The first-order valence-corrected chi connectivity index (χ1v) is 7.41. The lowest BCUT2D eigenvalue weighted by Gasteiger charge is -2.16. The van der Waals surface area contributed by atoms with Crippen molar-refractivity contribution in [2.75, 3.05) is 23.0 Å². The van der Waals surface area contributed by atoms with Crippen LogP contribution in [-0.2, 0) is 11.2 Å². The van der Waals surface area contributed by atoms with E-state index < -0.39 is 0 Å². The third-order valence-electron chi connectivity index (χ3n) is 3.11. The maximum Gasteiger partial charge on any atom is 0.299 e. The average molecular weight is 263 g/mol. The predicted octanol–water partition coefficient (Wildman–Crippen LogP) is 2.53. The molecule has 0 aromatic heterocycles. The van der Waals surface area contributed by atoms with E-state index >= 15 is 0 Å². The van der Waals surface area contributed by atoms with Crippen LogP contribution < -0.4 is 4.90 Å². The van der Waals surface area contributed by atoms with Gasteiger partial charge >= 0.3 is 0 Å². The molecule has 0 saturated heterocycles. The zero-order valence-electron chi connectivity index (χ0n) is 10.7. The number of thioether (sulfide) groups is 1. The largest absolute Gasteiger partial charge is 0.304 e. The van der Waals surface area contributed by atoms with Crippen molar-refractivity contribution in [1.29, 1.82) is 0 Å². The summed E-state index contributed by atoms with van der Waals surface area (Å²) in [6, 6.07) is 5.74. The number of ketones is 1. The number of fused-ring (bicyclic) bond motifs is 1. The summed E-state index contributed by atoms with van der Waals surface area (Å²) < 4.78 is 0. The molecule has 0 spiro atoms. The summed E-state index contributed by atoms with van der Waals surface area (Å²) in [7, 11) is 0. The number of Topliss-reactive ketones (excluding diaryl/α,β-unsaturated/α-hetero) is 1. The van der Waals surface area contributed by atoms with E-state index in [1.54, 1.807) is 16.7 Å². The quantitative estimate of drug-likeness (QED) is 0.605. The van der Waals surface area contributed by atoms with Crippen molar-refractivity contribution in [2.45, 2.75) is 20.3 Å². The first-order valence-electron chi connectivity index (χ1n) is 6.25. The molecule has 1 amide bonds. The zero-order chi connectivity index (χ0) is 13.1. The lowest BCUT2D eigenvalue weighted by atomic mass is 10.1. The molecule has 1 aliphatic rings. The maximum atomic E-state index is 11.9. The van der Waals surface area contributed by atoms with Gasteiger partial charge in [0.2, 0.25) is 0 Å². The standard InChI is InChI=1S/C14H17NO2S/c1-3-10-5-6-12-11(9-10)13(16)14(17)15(12)7-8-18-4-2/h5-6,9H,3-4,7-8H2,1-2H3. The highest BCUT2D eigenvalue weighted by atomic mass is 32.2. The van der Waals surface area contributed by atoms with Gasteiger partial charge in [-0.05, 0) is 29.9 Å². The number of carbonyl (C=O) groups is 2. The topological polar surface area (TPSA) is 37.4 Å². The van der Waals surface area contributed by atoms with Gasteiger partial charge in [-0.3, -0.25) is 9.59 Å². The molecule has 4 heteroatoms. The summed E-state index contributed by atoms with van der Waals surface area (Å²) in [5.41, 5.74) is 2.44. The van der Waals surface area contributed by atoms with Gasteiger partial charge in [-0.15, -0.1) is 0 Å². The third kappa shape index (κ3) is 2.29. The van der Waals surface area contributed by atoms with Crippen molar-refractivity contribution < 1.29 is 9.59 Å². The summed E-state index contributed by atoms with van der Waals surface area (Å²) in [5, 5.41) is 0. The van der Waals surface area contributed by atoms with Gasteiger partial charge in [-0.2, -0.15) is 11.8 Å². The first-order chi connectivity index (χ1) is 8.69. The second-order valence-electron chi connectivity index (χ2n) is 4.19. The first kappa shape index (κ1) is 13.1. The second-order valence-corrected chi connectivity index (χ2v) is 5.58. The summed E-state index contributed by atoms with van der Waals surface area (Å²) in [6.45, 7) is 4.74. The minimum Gasteiger partial charge on any atom is -0.304 e. The number of amides is 1. The van der Waals surface area contributed by atoms with Crippen LogP contribution in [0.15, 0.2) is 18.2 Å². The Balaban J connectivity index is 2.26. The molecule has 0 N–H and O–H groups in total. The van der Waals surface area contributed by atoms with Crippen LogP contribution in [0, 0.1) is 0 Å². The minimum atomic E-state index is -0.380. The van der Waals surface area contributed by atoms with Gasteiger partial charge in [0, 0.05) is 12.3 Å². The van der Waals surface area contributed by atoms with Crippen molar-refractivity contribution in [2.24, 2.45) is 0 Å². The van der Waals surface area contributed by atoms with E-state index in [0.29, 0.717) is 12.1 Å². The van der Waals surface area contributed by atoms with Crippen molar-refractivity contribution in [3.8, 4) is 0 Å². The Kier molecular flexibility index (Phi) is 4.07. The summed E-state index contributed by atoms with van der Waals surface area (Å²) in [6.07, 6.45) is 0.875. The van der Waals surface area contributed by atoms with E-state index in [1.807, 2.05) is 25.1 Å². The van der Waals surface area contributed by atoms with Gasteiger partial charge in [0.15, 0.2) is 0 Å². The minimum absolute atomic E-state index is 0.359. The Bertz CT molecular complexity index is 485. The molecule has 1 aromatic rings. The number of hydrogen-bond donors (Lipinski definition) is 0. The van der Waals surface area contributed by atoms with E-state index in [9.17, 15) is 9.59 Å². The van der Waals surface area contributed by atoms with Crippen LogP contribution in [0.25, 0.3) is 0 Å². The van der Waals surface area contributed by atoms with Gasteiger partial charge in [0.05, 0.1) is 11.3 Å². The molecule has 0 saturated carbocycles. The smallest absolute Gasteiger partial charge is 0.299 e. The maximum absolute atomic E-state index is 11.9. The molecule has 1 aliphatic heterocycles. The fraction of sp³-hybridized carbons (Fsp3) is 0.429. The van der Waals surface area contributed by atoms with Gasteiger partial charge < -0.3 is 4.90 Å². The van der Waals surface area contributed by atoms with Crippen LogP contribution in [0.1, 0.15) is 29.8 Å². The van der Waals surface area contributed by atoms with Crippen molar-refractivity contribution in [3.63, 3.8) is 0 Å². The molecule has 0 bridgehead atoms. The van der Waals surface area contributed by atoms with Gasteiger partial charge in [-0.1, -0.05) is 19.9 Å². The highest BCUT2D eigenvalue weighted by Crippen LogP contribution is 2.30. The Hall–Kier alpha value is -1.29. The highest BCUT2D eigenvalue weighted by molar-refractivity contribution is 7.99. The fourth-order valence-electron chi connectivity index (χ4n) is 2.09. The average Bonchev–Trinajstić information content (AvgIpc) is 2.63. The number of hydrogen-bond acceptors (Lipinski definition) is 3. The number of rotatable bonds is 5. The summed E-state index contributed by atoms with van der Waals surface area (Å²) in [4.78, 5) is 25.4. The van der Waals surface area contributed by atoms with E-state index in [1.165, 1.54) is 0 Å². The molecule has 0 aliphatic carbocycles. The highest BCUT2D eigenvalue weighted by Gasteiger charge is 2.35. The van der Waals surface area contributed by atoms with Crippen LogP contribution in [0.2, 0.25) is 0 Å². The predicted molar refractivity (Wildman–Crippen MR) is 75.5 cm³/mol. The van der Waals surface area contributed by atoms with Crippen LogP contribution in [-0.4, -0.2) is 29.7 Å². The molecule has 0 unspecified atom stereocenters. The van der Waals surface area contributed by atoms with E-state index in [0.717, 1.165) is 29.2 Å². The van der Waals surface area contributed by atoms with Gasteiger partial charge in [-0.25, -0.2) is 0 Å². The molecule has 0 fully saturated rings.